The van der Waals surface area contributed by atoms with Gasteiger partial charge in [0.2, 0.25) is 0 Å². The van der Waals surface area contributed by atoms with Gasteiger partial charge in [-0.1, -0.05) is 11.6 Å². The van der Waals surface area contributed by atoms with Crippen molar-refractivity contribution in [3.8, 4) is 5.75 Å². The lowest BCUT2D eigenvalue weighted by Gasteiger charge is -2.28. The van der Waals surface area contributed by atoms with Crippen molar-refractivity contribution in [1.29, 1.82) is 0 Å². The monoisotopic (exact) mass is 468 g/mol. The lowest BCUT2D eigenvalue weighted by Crippen LogP contribution is -2.36. The molecule has 8 heteroatoms. The summed E-state index contributed by atoms with van der Waals surface area (Å²) in [6, 6.07) is 12.9. The van der Waals surface area contributed by atoms with Crippen molar-refractivity contribution in [2.75, 3.05) is 43.1 Å². The Morgan fingerprint density at radius 2 is 1.91 bits per heavy atom. The number of carbonyl (C=O) groups excluding carboxylic acids is 2. The van der Waals surface area contributed by atoms with Crippen molar-refractivity contribution >= 4 is 40.9 Å². The lowest BCUT2D eigenvalue weighted by atomic mass is 10.1. The van der Waals surface area contributed by atoms with Gasteiger partial charge in [0.05, 0.1) is 13.2 Å². The Labute approximate surface area is 197 Å². The standard InChI is InChI=1S/C25H25ClN2O5/c1-17(25(30)27-21-4-6-22(7-5-21)28-10-12-31-13-11-28)33-24(29)9-2-18-14-19-15-20(26)3-8-23(19)32-16-18/h2-9,14-15,17H,10-13,16H2,1H3,(H,27,30)/b9-2+. The molecule has 1 fully saturated rings. The maximum Gasteiger partial charge on any atom is 0.331 e. The number of anilines is 2. The molecule has 2 aliphatic rings. The van der Waals surface area contributed by atoms with Crippen molar-refractivity contribution < 1.29 is 23.8 Å². The van der Waals surface area contributed by atoms with E-state index in [1.165, 1.54) is 13.0 Å². The normalized spacial score (nSPS) is 16.4. The summed E-state index contributed by atoms with van der Waals surface area (Å²) >= 11 is 6.02. The highest BCUT2D eigenvalue weighted by Gasteiger charge is 2.18. The fraction of sp³-hybridized carbons (Fsp3) is 0.280. The zero-order chi connectivity index (χ0) is 23.2. The van der Waals surface area contributed by atoms with Gasteiger partial charge in [-0.25, -0.2) is 4.79 Å². The molecule has 4 rings (SSSR count). The SMILES string of the molecule is CC(OC(=O)/C=C/C1=Cc2cc(Cl)ccc2OC1)C(=O)Nc1ccc(N2CCOCC2)cc1. The summed E-state index contributed by atoms with van der Waals surface area (Å²) in [5.74, 6) is -0.278. The minimum atomic E-state index is -0.947. The Balaban J connectivity index is 1.28. The van der Waals surface area contributed by atoms with Crippen LogP contribution in [0.15, 0.2) is 60.2 Å². The summed E-state index contributed by atoms with van der Waals surface area (Å²) in [5.41, 5.74) is 3.34. The lowest BCUT2D eigenvalue weighted by molar-refractivity contribution is -0.148. The minimum Gasteiger partial charge on any atom is -0.488 e. The molecule has 2 aromatic carbocycles. The Kier molecular flexibility index (Phi) is 7.32. The summed E-state index contributed by atoms with van der Waals surface area (Å²) in [7, 11) is 0. The number of nitrogens with one attached hydrogen (secondary N) is 1. The first-order valence-electron chi connectivity index (χ1n) is 10.7. The topological polar surface area (TPSA) is 77.1 Å². The summed E-state index contributed by atoms with van der Waals surface area (Å²) in [6.45, 7) is 4.97. The molecule has 1 unspecified atom stereocenters. The van der Waals surface area contributed by atoms with Crippen LogP contribution in [0.1, 0.15) is 12.5 Å². The number of benzene rings is 2. The molecule has 0 spiro atoms. The van der Waals surface area contributed by atoms with E-state index >= 15 is 0 Å². The van der Waals surface area contributed by atoms with Crippen molar-refractivity contribution in [3.05, 3.63) is 70.8 Å². The van der Waals surface area contributed by atoms with E-state index in [9.17, 15) is 9.59 Å². The highest BCUT2D eigenvalue weighted by Crippen LogP contribution is 2.29. The smallest absolute Gasteiger partial charge is 0.331 e. The molecule has 1 N–H and O–H groups in total. The fourth-order valence-corrected chi connectivity index (χ4v) is 3.71. The van der Waals surface area contributed by atoms with Gasteiger partial charge in [-0.3, -0.25) is 4.79 Å². The summed E-state index contributed by atoms with van der Waals surface area (Å²) in [6.07, 6.45) is 3.84. The molecule has 0 radical (unpaired) electrons. The van der Waals surface area contributed by atoms with E-state index in [-0.39, 0.29) is 0 Å². The van der Waals surface area contributed by atoms with Crippen molar-refractivity contribution in [3.63, 3.8) is 0 Å². The van der Waals surface area contributed by atoms with Gasteiger partial charge in [0.15, 0.2) is 6.10 Å². The largest absolute Gasteiger partial charge is 0.488 e. The molecule has 2 aromatic rings. The molecule has 172 valence electrons. The van der Waals surface area contributed by atoms with E-state index in [2.05, 4.69) is 10.2 Å². The van der Waals surface area contributed by atoms with Crippen LogP contribution in [-0.4, -0.2) is 50.9 Å². The molecule has 0 aliphatic carbocycles. The average molecular weight is 469 g/mol. The van der Waals surface area contributed by atoms with Gasteiger partial charge in [0.1, 0.15) is 12.4 Å². The van der Waals surface area contributed by atoms with Gasteiger partial charge in [-0.15, -0.1) is 0 Å². The van der Waals surface area contributed by atoms with Crippen LogP contribution in [0.25, 0.3) is 6.08 Å². The number of rotatable bonds is 6. The second-order valence-electron chi connectivity index (χ2n) is 7.74. The van der Waals surface area contributed by atoms with E-state index in [1.807, 2.05) is 30.3 Å². The Morgan fingerprint density at radius 1 is 1.15 bits per heavy atom. The molecule has 1 saturated heterocycles. The predicted octanol–water partition coefficient (Wildman–Crippen LogP) is 4.08. The molecule has 2 aliphatic heterocycles. The van der Waals surface area contributed by atoms with Gasteiger partial charge in [0, 0.05) is 41.1 Å². The number of amides is 1. The van der Waals surface area contributed by atoms with E-state index in [4.69, 9.17) is 25.8 Å². The second kappa shape index (κ2) is 10.6. The highest BCUT2D eigenvalue weighted by molar-refractivity contribution is 6.30. The number of hydrogen-bond donors (Lipinski definition) is 1. The Bertz CT molecular complexity index is 1070. The average Bonchev–Trinajstić information content (AvgIpc) is 2.83. The first-order valence-corrected chi connectivity index (χ1v) is 11.1. The molecule has 2 heterocycles. The molecular weight excluding hydrogens is 444 g/mol. The van der Waals surface area contributed by atoms with Crippen LogP contribution in [0.2, 0.25) is 5.02 Å². The highest BCUT2D eigenvalue weighted by atomic mass is 35.5. The van der Waals surface area contributed by atoms with Crippen molar-refractivity contribution in [1.82, 2.24) is 0 Å². The van der Waals surface area contributed by atoms with Gasteiger partial charge in [-0.05, 0) is 67.1 Å². The quantitative estimate of drug-likeness (QED) is 0.508. The van der Waals surface area contributed by atoms with Crippen LogP contribution in [0.3, 0.4) is 0 Å². The van der Waals surface area contributed by atoms with E-state index in [0.29, 0.717) is 30.5 Å². The van der Waals surface area contributed by atoms with Crippen molar-refractivity contribution in [2.24, 2.45) is 0 Å². The molecule has 1 amide bonds. The third-order valence-corrected chi connectivity index (χ3v) is 5.55. The maximum absolute atomic E-state index is 12.4. The predicted molar refractivity (Wildman–Crippen MR) is 128 cm³/mol. The number of halogens is 1. The number of hydrogen-bond acceptors (Lipinski definition) is 6. The molecule has 33 heavy (non-hydrogen) atoms. The van der Waals surface area contributed by atoms with E-state index < -0.39 is 18.0 Å². The van der Waals surface area contributed by atoms with Crippen LogP contribution in [0.5, 0.6) is 5.75 Å². The summed E-state index contributed by atoms with van der Waals surface area (Å²) < 4.78 is 16.3. The third-order valence-electron chi connectivity index (χ3n) is 5.31. The van der Waals surface area contributed by atoms with Crippen LogP contribution in [0, 0.1) is 0 Å². The van der Waals surface area contributed by atoms with Crippen LogP contribution < -0.4 is 15.0 Å². The zero-order valence-electron chi connectivity index (χ0n) is 18.3. The number of nitrogens with zero attached hydrogens (tertiary/aromatic N) is 1. The number of carbonyl (C=O) groups is 2. The van der Waals surface area contributed by atoms with Gasteiger partial charge < -0.3 is 24.4 Å². The molecule has 7 nitrogen and oxygen atoms in total. The minimum absolute atomic E-state index is 0.328. The number of morpholine rings is 1. The third kappa shape index (κ3) is 6.15. The molecule has 0 saturated carbocycles. The first-order chi connectivity index (χ1) is 16.0. The summed E-state index contributed by atoms with van der Waals surface area (Å²) in [5, 5.41) is 3.38. The first kappa shape index (κ1) is 22.9. The zero-order valence-corrected chi connectivity index (χ0v) is 19.0. The molecule has 0 bridgehead atoms. The maximum atomic E-state index is 12.4. The number of esters is 1. The van der Waals surface area contributed by atoms with Gasteiger partial charge in [-0.2, -0.15) is 0 Å². The van der Waals surface area contributed by atoms with Gasteiger partial charge >= 0.3 is 5.97 Å². The van der Waals surface area contributed by atoms with Crippen molar-refractivity contribution in [2.45, 2.75) is 13.0 Å². The molecule has 1 atom stereocenters. The van der Waals surface area contributed by atoms with E-state index in [0.717, 1.165) is 35.7 Å². The molecule has 0 aromatic heterocycles. The number of ether oxygens (including phenoxy) is 3. The Hall–Kier alpha value is -3.29. The van der Waals surface area contributed by atoms with E-state index in [1.54, 1.807) is 24.3 Å². The summed E-state index contributed by atoms with van der Waals surface area (Å²) in [4.78, 5) is 26.8. The van der Waals surface area contributed by atoms with Gasteiger partial charge in [0.25, 0.3) is 5.91 Å². The van der Waals surface area contributed by atoms with Crippen LogP contribution in [0.4, 0.5) is 11.4 Å². The van der Waals surface area contributed by atoms with Crippen LogP contribution in [-0.2, 0) is 19.1 Å². The second-order valence-corrected chi connectivity index (χ2v) is 8.17. The molecular formula is C25H25ClN2O5. The number of fused-ring (bicyclic) bond motifs is 1. The van der Waals surface area contributed by atoms with Crippen LogP contribution >= 0.6 is 11.6 Å². The fourth-order valence-electron chi connectivity index (χ4n) is 3.53. The Morgan fingerprint density at radius 3 is 2.67 bits per heavy atom.